The molecule has 0 bridgehead atoms. The van der Waals surface area contributed by atoms with Crippen LogP contribution in [-0.4, -0.2) is 39.6 Å². The Kier molecular flexibility index (Phi) is 5.07. The standard InChI is InChI=1S/C19H22FN5OS/c1-2-4-17(26)21-15-5-3-10-24(11-15)19-23-25-12-16(22-18(25)27-19)13-6-8-14(20)9-7-13/h6-9,12,15H,2-5,10-11H2,1H3,(H,21,26). The number of rotatable bonds is 5. The van der Waals surface area contributed by atoms with E-state index in [9.17, 15) is 9.18 Å². The molecule has 1 unspecified atom stereocenters. The van der Waals surface area contributed by atoms with Gasteiger partial charge in [-0.2, -0.15) is 0 Å². The van der Waals surface area contributed by atoms with Gasteiger partial charge in [0.1, 0.15) is 5.82 Å². The van der Waals surface area contributed by atoms with E-state index in [1.54, 1.807) is 16.6 Å². The summed E-state index contributed by atoms with van der Waals surface area (Å²) in [6, 6.07) is 6.47. The molecule has 1 N–H and O–H groups in total. The molecule has 2 aromatic heterocycles. The van der Waals surface area contributed by atoms with E-state index in [4.69, 9.17) is 0 Å². The van der Waals surface area contributed by atoms with Gasteiger partial charge in [0, 0.05) is 31.1 Å². The summed E-state index contributed by atoms with van der Waals surface area (Å²) in [5, 5.41) is 8.70. The number of halogens is 1. The zero-order chi connectivity index (χ0) is 18.8. The summed E-state index contributed by atoms with van der Waals surface area (Å²) in [4.78, 5) is 19.5. The smallest absolute Gasteiger partial charge is 0.220 e. The van der Waals surface area contributed by atoms with Crippen LogP contribution in [0.4, 0.5) is 9.52 Å². The second kappa shape index (κ2) is 7.64. The number of hydrogen-bond acceptors (Lipinski definition) is 5. The average Bonchev–Trinajstić information content (AvgIpc) is 3.22. The molecule has 1 aromatic carbocycles. The normalized spacial score (nSPS) is 17.4. The molecule has 1 aliphatic heterocycles. The summed E-state index contributed by atoms with van der Waals surface area (Å²) in [6.45, 7) is 3.72. The molecule has 1 amide bonds. The number of nitrogens with one attached hydrogen (secondary N) is 1. The minimum absolute atomic E-state index is 0.127. The van der Waals surface area contributed by atoms with Crippen LogP contribution in [0.3, 0.4) is 0 Å². The van der Waals surface area contributed by atoms with E-state index in [0.29, 0.717) is 6.42 Å². The quantitative estimate of drug-likeness (QED) is 0.728. The Morgan fingerprint density at radius 3 is 2.93 bits per heavy atom. The first-order chi connectivity index (χ1) is 13.1. The topological polar surface area (TPSA) is 62.5 Å². The van der Waals surface area contributed by atoms with Crippen molar-refractivity contribution in [3.05, 3.63) is 36.3 Å². The highest BCUT2D eigenvalue weighted by molar-refractivity contribution is 7.20. The number of aromatic nitrogens is 3. The number of hydrogen-bond donors (Lipinski definition) is 1. The summed E-state index contributed by atoms with van der Waals surface area (Å²) in [6.07, 6.45) is 5.34. The fourth-order valence-corrected chi connectivity index (χ4v) is 4.29. The van der Waals surface area contributed by atoms with Crippen molar-refractivity contribution >= 4 is 27.3 Å². The Hall–Kier alpha value is -2.48. The van der Waals surface area contributed by atoms with Crippen LogP contribution in [0, 0.1) is 5.82 Å². The summed E-state index contributed by atoms with van der Waals surface area (Å²) in [7, 11) is 0. The molecule has 1 atom stereocenters. The summed E-state index contributed by atoms with van der Waals surface area (Å²) in [5.74, 6) is -0.131. The van der Waals surface area contributed by atoms with Crippen molar-refractivity contribution in [2.45, 2.75) is 38.6 Å². The first-order valence-corrected chi connectivity index (χ1v) is 10.1. The Labute approximate surface area is 161 Å². The molecule has 0 aliphatic carbocycles. The van der Waals surface area contributed by atoms with Crippen molar-refractivity contribution in [3.8, 4) is 11.3 Å². The molecule has 3 aromatic rings. The van der Waals surface area contributed by atoms with Gasteiger partial charge in [-0.1, -0.05) is 18.3 Å². The lowest BCUT2D eigenvalue weighted by Gasteiger charge is -2.32. The van der Waals surface area contributed by atoms with Gasteiger partial charge in [0.05, 0.1) is 11.9 Å². The van der Waals surface area contributed by atoms with Crippen molar-refractivity contribution < 1.29 is 9.18 Å². The number of carbonyl (C=O) groups is 1. The Morgan fingerprint density at radius 1 is 1.37 bits per heavy atom. The van der Waals surface area contributed by atoms with Gasteiger partial charge in [0.2, 0.25) is 16.0 Å². The second-order valence-corrected chi connectivity index (χ2v) is 7.78. The van der Waals surface area contributed by atoms with E-state index in [2.05, 4.69) is 20.3 Å². The SMILES string of the molecule is CCCC(=O)NC1CCCN(c2nn3cc(-c4ccc(F)cc4)nc3s2)C1. The Balaban J connectivity index is 1.48. The predicted molar refractivity (Wildman–Crippen MR) is 105 cm³/mol. The van der Waals surface area contributed by atoms with Crippen LogP contribution in [0.2, 0.25) is 0 Å². The zero-order valence-electron chi connectivity index (χ0n) is 15.2. The van der Waals surface area contributed by atoms with Crippen molar-refractivity contribution in [2.24, 2.45) is 0 Å². The van der Waals surface area contributed by atoms with E-state index >= 15 is 0 Å². The van der Waals surface area contributed by atoms with Crippen molar-refractivity contribution in [1.29, 1.82) is 0 Å². The fraction of sp³-hybridized carbons (Fsp3) is 0.421. The molecule has 1 saturated heterocycles. The maximum atomic E-state index is 13.1. The Morgan fingerprint density at radius 2 is 2.19 bits per heavy atom. The van der Waals surface area contributed by atoms with Crippen LogP contribution in [0.1, 0.15) is 32.6 Å². The number of imidazole rings is 1. The van der Waals surface area contributed by atoms with E-state index < -0.39 is 0 Å². The molecule has 8 heteroatoms. The third kappa shape index (κ3) is 3.95. The summed E-state index contributed by atoms with van der Waals surface area (Å²) >= 11 is 1.53. The number of nitrogens with zero attached hydrogens (tertiary/aromatic N) is 4. The minimum Gasteiger partial charge on any atom is -0.352 e. The van der Waals surface area contributed by atoms with Gasteiger partial charge in [0.25, 0.3) is 0 Å². The molecule has 4 rings (SSSR count). The largest absolute Gasteiger partial charge is 0.352 e. The predicted octanol–water partition coefficient (Wildman–Crippen LogP) is 3.48. The highest BCUT2D eigenvalue weighted by Gasteiger charge is 2.24. The van der Waals surface area contributed by atoms with Crippen molar-refractivity contribution in [1.82, 2.24) is 19.9 Å². The van der Waals surface area contributed by atoms with E-state index in [1.807, 2.05) is 13.1 Å². The molecule has 27 heavy (non-hydrogen) atoms. The third-order valence-corrected chi connectivity index (χ3v) is 5.69. The van der Waals surface area contributed by atoms with Crippen LogP contribution in [0.15, 0.2) is 30.5 Å². The van der Waals surface area contributed by atoms with Gasteiger partial charge in [-0.15, -0.1) is 5.10 Å². The molecule has 0 radical (unpaired) electrons. The van der Waals surface area contributed by atoms with Crippen LogP contribution >= 0.6 is 11.3 Å². The number of carbonyl (C=O) groups excluding carboxylic acids is 1. The number of piperidine rings is 1. The van der Waals surface area contributed by atoms with Crippen LogP contribution in [0.25, 0.3) is 16.2 Å². The molecule has 142 valence electrons. The van der Waals surface area contributed by atoms with Gasteiger partial charge in [-0.3, -0.25) is 4.79 Å². The molecule has 6 nitrogen and oxygen atoms in total. The monoisotopic (exact) mass is 387 g/mol. The molecule has 1 fully saturated rings. The maximum Gasteiger partial charge on any atom is 0.220 e. The molecule has 1 aliphatic rings. The average molecular weight is 387 g/mol. The van der Waals surface area contributed by atoms with Gasteiger partial charge < -0.3 is 10.2 Å². The molecular formula is C19H22FN5OS. The van der Waals surface area contributed by atoms with Crippen LogP contribution in [-0.2, 0) is 4.79 Å². The lowest BCUT2D eigenvalue weighted by atomic mass is 10.1. The van der Waals surface area contributed by atoms with E-state index in [1.165, 1.54) is 23.5 Å². The summed E-state index contributed by atoms with van der Waals surface area (Å²) < 4.78 is 14.9. The van der Waals surface area contributed by atoms with Gasteiger partial charge in [-0.25, -0.2) is 13.9 Å². The lowest BCUT2D eigenvalue weighted by Crippen LogP contribution is -2.47. The lowest BCUT2D eigenvalue weighted by molar-refractivity contribution is -0.121. The van der Waals surface area contributed by atoms with Gasteiger partial charge >= 0.3 is 0 Å². The van der Waals surface area contributed by atoms with Crippen molar-refractivity contribution in [2.75, 3.05) is 18.0 Å². The van der Waals surface area contributed by atoms with Gasteiger partial charge in [0.15, 0.2) is 0 Å². The van der Waals surface area contributed by atoms with E-state index in [0.717, 1.165) is 53.7 Å². The molecule has 0 spiro atoms. The van der Waals surface area contributed by atoms with Crippen LogP contribution < -0.4 is 10.2 Å². The van der Waals surface area contributed by atoms with E-state index in [-0.39, 0.29) is 17.8 Å². The number of benzene rings is 1. The maximum absolute atomic E-state index is 13.1. The molecular weight excluding hydrogens is 365 g/mol. The Bertz CT molecular complexity index is 904. The first-order valence-electron chi connectivity index (χ1n) is 9.29. The zero-order valence-corrected chi connectivity index (χ0v) is 16.0. The van der Waals surface area contributed by atoms with Crippen molar-refractivity contribution in [3.63, 3.8) is 0 Å². The first kappa shape index (κ1) is 17.9. The van der Waals surface area contributed by atoms with Gasteiger partial charge in [-0.05, 0) is 43.5 Å². The fourth-order valence-electron chi connectivity index (χ4n) is 3.37. The number of fused-ring (bicyclic) bond motifs is 1. The summed E-state index contributed by atoms with van der Waals surface area (Å²) in [5.41, 5.74) is 1.65. The number of anilines is 1. The number of amides is 1. The highest BCUT2D eigenvalue weighted by atomic mass is 32.1. The molecule has 0 saturated carbocycles. The molecule has 3 heterocycles. The third-order valence-electron chi connectivity index (χ3n) is 4.71. The highest BCUT2D eigenvalue weighted by Crippen LogP contribution is 2.28. The minimum atomic E-state index is -0.258. The van der Waals surface area contributed by atoms with Crippen LogP contribution in [0.5, 0.6) is 0 Å². The second-order valence-electron chi connectivity index (χ2n) is 6.85.